The lowest BCUT2D eigenvalue weighted by atomic mass is 10.1. The Morgan fingerprint density at radius 3 is 1.68 bits per heavy atom. The van der Waals surface area contributed by atoms with Crippen LogP contribution in [0.15, 0.2) is 4.99 Å². The van der Waals surface area contributed by atoms with Gasteiger partial charge in [-0.25, -0.2) is 5.01 Å². The van der Waals surface area contributed by atoms with Gasteiger partial charge in [-0.3, -0.25) is 10.4 Å². The quantitative estimate of drug-likeness (QED) is 0.134. The number of aliphatic imine (C=N–C) groups is 1. The second kappa shape index (κ2) is 20.3. The van der Waals surface area contributed by atoms with Crippen LogP contribution in [0, 0.1) is 0 Å². The minimum Gasteiger partial charge on any atom is -0.392 e. The van der Waals surface area contributed by atoms with Gasteiger partial charge in [0.2, 0.25) is 5.96 Å². The molecule has 0 saturated carbocycles. The van der Waals surface area contributed by atoms with Gasteiger partial charge in [0.1, 0.15) is 0 Å². The summed E-state index contributed by atoms with van der Waals surface area (Å²) in [4.78, 5) is 6.73. The summed E-state index contributed by atoms with van der Waals surface area (Å²) in [5.41, 5.74) is 3.39. The SMILES string of the molecule is CCCCCCC(O)CN(CC(O)CCCCCC)NC1=NCCN1CC(O)CCCCCC. The molecule has 0 bridgehead atoms. The predicted molar refractivity (Wildman–Crippen MR) is 143 cm³/mol. The normalized spacial score (nSPS) is 16.7. The second-order valence-electron chi connectivity index (χ2n) is 10.2. The van der Waals surface area contributed by atoms with Crippen LogP contribution in [0.1, 0.15) is 117 Å². The van der Waals surface area contributed by atoms with Gasteiger partial charge in [0.05, 0.1) is 24.9 Å². The highest BCUT2D eigenvalue weighted by Gasteiger charge is 2.24. The van der Waals surface area contributed by atoms with Crippen molar-refractivity contribution in [2.45, 2.75) is 135 Å². The molecule has 1 heterocycles. The molecule has 0 aromatic carbocycles. The topological polar surface area (TPSA) is 91.6 Å². The van der Waals surface area contributed by atoms with Crippen molar-refractivity contribution in [1.82, 2.24) is 15.3 Å². The number of nitrogens with one attached hydrogen (secondary N) is 1. The van der Waals surface area contributed by atoms with E-state index in [1.165, 1.54) is 44.9 Å². The number of hydrazine groups is 1. The summed E-state index contributed by atoms with van der Waals surface area (Å²) >= 11 is 0. The largest absolute Gasteiger partial charge is 0.392 e. The third-order valence-electron chi connectivity index (χ3n) is 6.66. The van der Waals surface area contributed by atoms with Crippen molar-refractivity contribution >= 4 is 5.96 Å². The highest BCUT2D eigenvalue weighted by atomic mass is 16.3. The summed E-state index contributed by atoms with van der Waals surface area (Å²) in [5, 5.41) is 33.8. The number of guanidine groups is 1. The van der Waals surface area contributed by atoms with Gasteiger partial charge in [-0.1, -0.05) is 97.8 Å². The van der Waals surface area contributed by atoms with Crippen LogP contribution in [0.4, 0.5) is 0 Å². The van der Waals surface area contributed by atoms with E-state index in [0.717, 1.165) is 63.9 Å². The number of nitrogens with zero attached hydrogens (tertiary/aromatic N) is 3. The fourth-order valence-corrected chi connectivity index (χ4v) is 4.53. The molecule has 7 heteroatoms. The van der Waals surface area contributed by atoms with Gasteiger partial charge in [-0.2, -0.15) is 0 Å². The van der Waals surface area contributed by atoms with E-state index in [-0.39, 0.29) is 6.10 Å². The van der Waals surface area contributed by atoms with Crippen molar-refractivity contribution in [3.8, 4) is 0 Å². The third-order valence-corrected chi connectivity index (χ3v) is 6.66. The number of β-amino-alcohol motifs (C(OH)–C–C–N with tert-alkyl or cyclic N) is 1. The van der Waals surface area contributed by atoms with E-state index in [2.05, 4.69) is 36.1 Å². The summed E-state index contributed by atoms with van der Waals surface area (Å²) in [6, 6.07) is 0. The molecule has 0 fully saturated rings. The molecular weight excluding hydrogens is 428 g/mol. The first-order valence-electron chi connectivity index (χ1n) is 14.3. The second-order valence-corrected chi connectivity index (χ2v) is 10.2. The monoisotopic (exact) mass is 484 g/mol. The zero-order valence-electron chi connectivity index (χ0n) is 22.6. The van der Waals surface area contributed by atoms with E-state index >= 15 is 0 Å². The highest BCUT2D eigenvalue weighted by molar-refractivity contribution is 5.81. The van der Waals surface area contributed by atoms with Gasteiger partial charge in [-0.05, 0) is 19.3 Å². The fourth-order valence-electron chi connectivity index (χ4n) is 4.53. The van der Waals surface area contributed by atoms with Gasteiger partial charge < -0.3 is 20.2 Å². The van der Waals surface area contributed by atoms with E-state index < -0.39 is 12.2 Å². The molecule has 3 atom stereocenters. The van der Waals surface area contributed by atoms with Gasteiger partial charge in [0.25, 0.3) is 0 Å². The van der Waals surface area contributed by atoms with E-state index in [4.69, 9.17) is 0 Å². The molecule has 1 aliphatic rings. The number of hydrogen-bond donors (Lipinski definition) is 4. The van der Waals surface area contributed by atoms with Crippen molar-refractivity contribution in [3.05, 3.63) is 0 Å². The Balaban J connectivity index is 2.59. The molecule has 3 unspecified atom stereocenters. The van der Waals surface area contributed by atoms with Crippen LogP contribution in [0.5, 0.6) is 0 Å². The highest BCUT2D eigenvalue weighted by Crippen LogP contribution is 2.12. The minimum absolute atomic E-state index is 0.358. The van der Waals surface area contributed by atoms with Crippen LogP contribution in [-0.4, -0.2) is 82.2 Å². The Labute approximate surface area is 210 Å². The third kappa shape index (κ3) is 15.2. The summed E-state index contributed by atoms with van der Waals surface area (Å²) in [5.74, 6) is 0.754. The first-order chi connectivity index (χ1) is 16.5. The first kappa shape index (κ1) is 31.1. The summed E-state index contributed by atoms with van der Waals surface area (Å²) < 4.78 is 0. The zero-order chi connectivity index (χ0) is 25.0. The maximum atomic E-state index is 10.6. The average Bonchev–Trinajstić information content (AvgIpc) is 3.23. The molecule has 0 aromatic rings. The van der Waals surface area contributed by atoms with Crippen LogP contribution in [-0.2, 0) is 0 Å². The molecule has 4 N–H and O–H groups in total. The maximum Gasteiger partial charge on any atom is 0.209 e. The van der Waals surface area contributed by atoms with Gasteiger partial charge in [-0.15, -0.1) is 0 Å². The summed E-state index contributed by atoms with van der Waals surface area (Å²) in [7, 11) is 0. The predicted octanol–water partition coefficient (Wildman–Crippen LogP) is 4.46. The molecule has 0 aromatic heterocycles. The smallest absolute Gasteiger partial charge is 0.209 e. The number of hydrogen-bond acceptors (Lipinski definition) is 7. The Bertz CT molecular complexity index is 486. The molecule has 0 spiro atoms. The number of rotatable bonds is 22. The lowest BCUT2D eigenvalue weighted by molar-refractivity contribution is 0.0436. The molecule has 0 aliphatic carbocycles. The Hall–Kier alpha value is -0.890. The summed E-state index contributed by atoms with van der Waals surface area (Å²) in [6.07, 6.45) is 14.9. The van der Waals surface area contributed by atoms with Gasteiger partial charge in [0, 0.05) is 26.2 Å². The van der Waals surface area contributed by atoms with Crippen LogP contribution in [0.2, 0.25) is 0 Å². The number of unbranched alkanes of at least 4 members (excludes halogenated alkanes) is 9. The summed E-state index contributed by atoms with van der Waals surface area (Å²) in [6.45, 7) is 9.59. The molecule has 0 saturated heterocycles. The lowest BCUT2D eigenvalue weighted by Gasteiger charge is -2.32. The Kier molecular flexibility index (Phi) is 18.6. The molecule has 34 heavy (non-hydrogen) atoms. The van der Waals surface area contributed by atoms with E-state index in [1.54, 1.807) is 0 Å². The van der Waals surface area contributed by atoms with Crippen LogP contribution >= 0.6 is 0 Å². The first-order valence-corrected chi connectivity index (χ1v) is 14.3. The molecular formula is C27H56N4O3. The van der Waals surface area contributed by atoms with Gasteiger partial charge >= 0.3 is 0 Å². The molecule has 1 rings (SSSR count). The van der Waals surface area contributed by atoms with Crippen molar-refractivity contribution in [2.24, 2.45) is 4.99 Å². The van der Waals surface area contributed by atoms with E-state index in [9.17, 15) is 15.3 Å². The molecule has 7 nitrogen and oxygen atoms in total. The lowest BCUT2D eigenvalue weighted by Crippen LogP contribution is -2.53. The Morgan fingerprint density at radius 1 is 0.735 bits per heavy atom. The number of aliphatic hydroxyl groups is 3. The van der Waals surface area contributed by atoms with Crippen molar-refractivity contribution in [1.29, 1.82) is 0 Å². The average molecular weight is 485 g/mol. The maximum absolute atomic E-state index is 10.6. The Morgan fingerprint density at radius 2 is 1.21 bits per heavy atom. The molecule has 1 aliphatic heterocycles. The zero-order valence-corrected chi connectivity index (χ0v) is 22.6. The van der Waals surface area contributed by atoms with Crippen molar-refractivity contribution < 1.29 is 15.3 Å². The fraction of sp³-hybridized carbons (Fsp3) is 0.963. The molecule has 202 valence electrons. The number of aliphatic hydroxyl groups excluding tert-OH is 3. The van der Waals surface area contributed by atoms with Crippen LogP contribution in [0.3, 0.4) is 0 Å². The minimum atomic E-state index is -0.434. The molecule has 0 amide bonds. The van der Waals surface area contributed by atoms with Crippen molar-refractivity contribution in [3.63, 3.8) is 0 Å². The van der Waals surface area contributed by atoms with Crippen LogP contribution in [0.25, 0.3) is 0 Å². The van der Waals surface area contributed by atoms with E-state index in [0.29, 0.717) is 26.2 Å². The van der Waals surface area contributed by atoms with Crippen molar-refractivity contribution in [2.75, 3.05) is 32.7 Å². The van der Waals surface area contributed by atoms with E-state index in [1.807, 2.05) is 5.01 Å². The molecule has 0 radical (unpaired) electrons. The van der Waals surface area contributed by atoms with Gasteiger partial charge in [0.15, 0.2) is 0 Å². The standard InChI is InChI=1S/C27H56N4O3/c1-4-7-10-13-16-24(32)21-30-20-19-28-27(30)29-31(22-25(33)17-14-11-8-5-2)23-26(34)18-15-12-9-6-3/h24-26,32-34H,4-23H2,1-3H3,(H,28,29). The van der Waals surface area contributed by atoms with Crippen LogP contribution < -0.4 is 5.43 Å².